The number of aromatic nitrogens is 3. The largest absolute Gasteiger partial charge is 1.00 e. The summed E-state index contributed by atoms with van der Waals surface area (Å²) in [6, 6.07) is 0. The molecule has 1 aromatic rings. The zero-order valence-corrected chi connectivity index (χ0v) is 7.07. The number of hydrogen-bond acceptors (Lipinski definition) is 5. The average molecular weight is 199 g/mol. The SMILES string of the molecule is O.O.O=C(O)c1nn[nH]c1C(=O)[O-].[Li+]. The van der Waals surface area contributed by atoms with Gasteiger partial charge in [-0.25, -0.2) is 4.79 Å². The van der Waals surface area contributed by atoms with Crippen molar-refractivity contribution in [3.63, 3.8) is 0 Å². The average Bonchev–Trinajstić information content (AvgIpc) is 2.32. The Labute approximate surface area is 88.9 Å². The second-order valence-electron chi connectivity index (χ2n) is 1.63. The van der Waals surface area contributed by atoms with Crippen LogP contribution in [-0.2, 0) is 0 Å². The summed E-state index contributed by atoms with van der Waals surface area (Å²) in [6.45, 7) is 0. The Balaban J connectivity index is -0.000000403. The van der Waals surface area contributed by atoms with Gasteiger partial charge in [0.25, 0.3) is 0 Å². The summed E-state index contributed by atoms with van der Waals surface area (Å²) in [6.07, 6.45) is 0. The summed E-state index contributed by atoms with van der Waals surface area (Å²) < 4.78 is 0. The number of aromatic amines is 1. The molecular formula is C4H6LiN3O6. The van der Waals surface area contributed by atoms with E-state index in [0.29, 0.717) is 0 Å². The van der Waals surface area contributed by atoms with Gasteiger partial charge in [-0.2, -0.15) is 0 Å². The van der Waals surface area contributed by atoms with E-state index in [2.05, 4.69) is 10.3 Å². The van der Waals surface area contributed by atoms with Crippen LogP contribution < -0.4 is 24.0 Å². The third-order valence-corrected chi connectivity index (χ3v) is 0.955. The van der Waals surface area contributed by atoms with Crippen LogP contribution in [0.25, 0.3) is 0 Å². The Hall–Kier alpha value is -1.40. The summed E-state index contributed by atoms with van der Waals surface area (Å²) in [5, 5.41) is 26.3. The number of aromatic carboxylic acids is 2. The minimum atomic E-state index is -1.65. The first-order valence-electron chi connectivity index (χ1n) is 2.48. The molecule has 0 amide bonds. The van der Waals surface area contributed by atoms with E-state index in [1.807, 2.05) is 5.10 Å². The fourth-order valence-corrected chi connectivity index (χ4v) is 0.520. The van der Waals surface area contributed by atoms with Gasteiger partial charge in [-0.15, -0.1) is 5.10 Å². The van der Waals surface area contributed by atoms with Crippen molar-refractivity contribution in [2.45, 2.75) is 0 Å². The van der Waals surface area contributed by atoms with E-state index in [4.69, 9.17) is 5.11 Å². The van der Waals surface area contributed by atoms with Crippen molar-refractivity contribution in [3.05, 3.63) is 11.4 Å². The molecule has 74 valence electrons. The van der Waals surface area contributed by atoms with Crippen molar-refractivity contribution in [2.24, 2.45) is 0 Å². The first-order chi connectivity index (χ1) is 5.13. The van der Waals surface area contributed by atoms with E-state index in [0.717, 1.165) is 0 Å². The second kappa shape index (κ2) is 7.04. The van der Waals surface area contributed by atoms with E-state index in [9.17, 15) is 14.7 Å². The van der Waals surface area contributed by atoms with E-state index in [1.54, 1.807) is 0 Å². The fraction of sp³-hybridized carbons (Fsp3) is 0. The van der Waals surface area contributed by atoms with Gasteiger partial charge < -0.3 is 26.0 Å². The van der Waals surface area contributed by atoms with Gasteiger partial charge in [-0.3, -0.25) is 5.10 Å². The van der Waals surface area contributed by atoms with E-state index in [1.165, 1.54) is 0 Å². The monoisotopic (exact) mass is 199 g/mol. The molecule has 10 heteroatoms. The van der Waals surface area contributed by atoms with E-state index in [-0.39, 0.29) is 29.8 Å². The summed E-state index contributed by atoms with van der Waals surface area (Å²) >= 11 is 0. The number of carboxylic acids is 2. The first kappa shape index (κ1) is 18.4. The Morgan fingerprint density at radius 1 is 1.36 bits per heavy atom. The summed E-state index contributed by atoms with van der Waals surface area (Å²) in [5.74, 6) is -3.11. The Morgan fingerprint density at radius 3 is 2.14 bits per heavy atom. The minimum absolute atomic E-state index is 0. The smallest absolute Gasteiger partial charge is 0.543 e. The molecule has 0 aromatic carbocycles. The number of H-pyrrole nitrogens is 1. The van der Waals surface area contributed by atoms with Gasteiger partial charge in [-0.05, 0) is 0 Å². The van der Waals surface area contributed by atoms with Crippen molar-refractivity contribution in [3.8, 4) is 0 Å². The molecule has 6 N–H and O–H groups in total. The molecule has 1 aromatic heterocycles. The minimum Gasteiger partial charge on any atom is -0.543 e. The molecule has 0 spiro atoms. The van der Waals surface area contributed by atoms with E-state index >= 15 is 0 Å². The van der Waals surface area contributed by atoms with Crippen LogP contribution in [0.4, 0.5) is 0 Å². The van der Waals surface area contributed by atoms with Gasteiger partial charge in [0.1, 0.15) is 5.69 Å². The number of nitrogens with one attached hydrogen (secondary N) is 1. The molecule has 1 heterocycles. The van der Waals surface area contributed by atoms with Gasteiger partial charge in [0.05, 0.1) is 5.97 Å². The maximum atomic E-state index is 10.2. The quantitative estimate of drug-likeness (QED) is 0.446. The van der Waals surface area contributed by atoms with Crippen molar-refractivity contribution < 1.29 is 49.6 Å². The molecule has 0 radical (unpaired) electrons. The van der Waals surface area contributed by atoms with Gasteiger partial charge in [0.15, 0.2) is 5.69 Å². The van der Waals surface area contributed by atoms with Gasteiger partial charge in [-0.1, -0.05) is 5.21 Å². The maximum Gasteiger partial charge on any atom is 1.00 e. The number of carboxylic acid groups (broad SMARTS) is 2. The van der Waals surface area contributed by atoms with Crippen LogP contribution in [0.1, 0.15) is 21.0 Å². The van der Waals surface area contributed by atoms with Crippen molar-refractivity contribution in [1.29, 1.82) is 0 Å². The van der Waals surface area contributed by atoms with Crippen molar-refractivity contribution in [2.75, 3.05) is 0 Å². The van der Waals surface area contributed by atoms with Crippen molar-refractivity contribution >= 4 is 11.9 Å². The Kier molecular flexibility index (Phi) is 9.26. The number of carbonyl (C=O) groups is 2. The molecule has 0 unspecified atom stereocenters. The number of nitrogens with zero attached hydrogens (tertiary/aromatic N) is 2. The molecule has 9 nitrogen and oxygen atoms in total. The van der Waals surface area contributed by atoms with Crippen LogP contribution >= 0.6 is 0 Å². The fourth-order valence-electron chi connectivity index (χ4n) is 0.520. The first-order valence-corrected chi connectivity index (χ1v) is 2.48. The zero-order chi connectivity index (χ0) is 8.43. The predicted molar refractivity (Wildman–Crippen MR) is 34.9 cm³/mol. The standard InChI is InChI=1S/C4H3N3O4.Li.2H2O/c8-3(9)1-2(4(10)11)6-7-5-1;;;/h(H,8,9)(H,10,11)(H,5,6,7);;2*1H2/q;+1;;/p-1. The Morgan fingerprint density at radius 2 is 1.86 bits per heavy atom. The van der Waals surface area contributed by atoms with Crippen LogP contribution in [0.2, 0.25) is 0 Å². The third kappa shape index (κ3) is 3.54. The van der Waals surface area contributed by atoms with Crippen molar-refractivity contribution in [1.82, 2.24) is 15.4 Å². The number of hydrogen-bond donors (Lipinski definition) is 2. The normalized spacial score (nSPS) is 7.43. The topological polar surface area (TPSA) is 182 Å². The molecule has 0 saturated carbocycles. The Bertz CT molecular complexity index is 283. The molecule has 0 fully saturated rings. The molecule has 1 rings (SSSR count). The zero-order valence-electron chi connectivity index (χ0n) is 7.07. The molecule has 0 bridgehead atoms. The van der Waals surface area contributed by atoms with Gasteiger partial charge >= 0.3 is 24.8 Å². The number of rotatable bonds is 2. The predicted octanol–water partition coefficient (Wildman–Crippen LogP) is -6.78. The number of carbonyl (C=O) groups excluding carboxylic acids is 1. The maximum absolute atomic E-state index is 10.2. The van der Waals surface area contributed by atoms with Crippen LogP contribution in [0.15, 0.2) is 0 Å². The molecule has 0 aliphatic rings. The summed E-state index contributed by atoms with van der Waals surface area (Å²) in [5.41, 5.74) is -1.28. The molecule has 0 saturated heterocycles. The van der Waals surface area contributed by atoms with Gasteiger partial charge in [0, 0.05) is 0 Å². The molecule has 14 heavy (non-hydrogen) atoms. The van der Waals surface area contributed by atoms with Crippen LogP contribution in [0, 0.1) is 0 Å². The molecule has 0 aliphatic carbocycles. The molecule has 0 atom stereocenters. The second-order valence-corrected chi connectivity index (χ2v) is 1.63. The van der Waals surface area contributed by atoms with Crippen LogP contribution in [-0.4, -0.2) is 43.4 Å². The van der Waals surface area contributed by atoms with Gasteiger partial charge in [0.2, 0.25) is 0 Å². The van der Waals surface area contributed by atoms with E-state index < -0.39 is 23.3 Å². The van der Waals surface area contributed by atoms with Crippen LogP contribution in [0.3, 0.4) is 0 Å². The third-order valence-electron chi connectivity index (χ3n) is 0.955. The summed E-state index contributed by atoms with van der Waals surface area (Å²) in [4.78, 5) is 20.3. The molecular weight excluding hydrogens is 193 g/mol. The molecule has 0 aliphatic heterocycles. The van der Waals surface area contributed by atoms with Crippen LogP contribution in [0.5, 0.6) is 0 Å². The summed E-state index contributed by atoms with van der Waals surface area (Å²) in [7, 11) is 0.